The predicted molar refractivity (Wildman–Crippen MR) is 59.4 cm³/mol. The summed E-state index contributed by atoms with van der Waals surface area (Å²) in [6.45, 7) is 5.42. The Kier molecular flexibility index (Phi) is 4.85. The number of aliphatic hydroxyl groups is 1. The molecule has 1 aliphatic carbocycles. The third-order valence-corrected chi connectivity index (χ3v) is 3.00. The van der Waals surface area contributed by atoms with Gasteiger partial charge >= 0.3 is 0 Å². The van der Waals surface area contributed by atoms with Gasteiger partial charge in [-0.05, 0) is 19.9 Å². The highest BCUT2D eigenvalue weighted by Crippen LogP contribution is 2.23. The number of nitrogens with zero attached hydrogens (tertiary/aromatic N) is 1. The van der Waals surface area contributed by atoms with Crippen LogP contribution < -0.4 is 5.32 Å². The molecule has 0 heterocycles. The van der Waals surface area contributed by atoms with Crippen molar-refractivity contribution in [2.24, 2.45) is 0 Å². The molecule has 0 aromatic rings. The molecule has 0 radical (unpaired) electrons. The average Bonchev–Trinajstić information content (AvgIpc) is 1.98. The average molecular weight is 200 g/mol. The molecule has 1 aliphatic rings. The van der Waals surface area contributed by atoms with Crippen LogP contribution in [0.2, 0.25) is 0 Å². The number of hydrogen-bond donors (Lipinski definition) is 2. The molecule has 1 rings (SSSR count). The van der Waals surface area contributed by atoms with Gasteiger partial charge in [-0.1, -0.05) is 20.3 Å². The van der Waals surface area contributed by atoms with Gasteiger partial charge < -0.3 is 15.3 Å². The Morgan fingerprint density at radius 2 is 2.07 bits per heavy atom. The molecule has 3 nitrogen and oxygen atoms in total. The maximum absolute atomic E-state index is 9.21. The van der Waals surface area contributed by atoms with Crippen LogP contribution in [0.4, 0.5) is 0 Å². The van der Waals surface area contributed by atoms with Crippen molar-refractivity contribution in [3.63, 3.8) is 0 Å². The van der Waals surface area contributed by atoms with Crippen LogP contribution in [-0.2, 0) is 0 Å². The Labute approximate surface area is 87.5 Å². The zero-order valence-electron chi connectivity index (χ0n) is 9.66. The van der Waals surface area contributed by atoms with Crippen LogP contribution in [-0.4, -0.2) is 48.3 Å². The van der Waals surface area contributed by atoms with E-state index in [1.54, 1.807) is 0 Å². The minimum Gasteiger partial charge on any atom is -0.395 e. The van der Waals surface area contributed by atoms with Crippen molar-refractivity contribution in [1.82, 2.24) is 10.2 Å². The molecule has 14 heavy (non-hydrogen) atoms. The third kappa shape index (κ3) is 3.56. The van der Waals surface area contributed by atoms with E-state index in [9.17, 15) is 5.11 Å². The minimum atomic E-state index is 0.223. The highest BCUT2D eigenvalue weighted by atomic mass is 16.3. The molecule has 1 fully saturated rings. The van der Waals surface area contributed by atoms with Crippen LogP contribution in [0.15, 0.2) is 0 Å². The lowest BCUT2D eigenvalue weighted by Gasteiger charge is -2.37. The maximum Gasteiger partial charge on any atom is 0.0597 e. The van der Waals surface area contributed by atoms with Crippen molar-refractivity contribution in [2.75, 3.05) is 20.2 Å². The Balaban J connectivity index is 2.23. The monoisotopic (exact) mass is 200 g/mol. The molecule has 3 heteroatoms. The molecule has 0 saturated heterocycles. The van der Waals surface area contributed by atoms with Gasteiger partial charge in [0.05, 0.1) is 6.61 Å². The molecule has 0 amide bonds. The molecule has 1 saturated carbocycles. The molecule has 2 N–H and O–H groups in total. The Bertz CT molecular complexity index is 157. The number of nitrogens with one attached hydrogen (secondary N) is 1. The highest BCUT2D eigenvalue weighted by Gasteiger charge is 2.23. The topological polar surface area (TPSA) is 35.5 Å². The van der Waals surface area contributed by atoms with Gasteiger partial charge in [-0.2, -0.15) is 0 Å². The second-order valence-corrected chi connectivity index (χ2v) is 4.73. The minimum absolute atomic E-state index is 0.223. The van der Waals surface area contributed by atoms with E-state index in [0.29, 0.717) is 6.04 Å². The fourth-order valence-electron chi connectivity index (χ4n) is 1.96. The summed E-state index contributed by atoms with van der Waals surface area (Å²) in [4.78, 5) is 2.37. The molecule has 1 atom stereocenters. The molecule has 0 aliphatic heterocycles. The lowest BCUT2D eigenvalue weighted by molar-refractivity contribution is 0.122. The van der Waals surface area contributed by atoms with E-state index in [2.05, 4.69) is 31.1 Å². The smallest absolute Gasteiger partial charge is 0.0597 e. The Morgan fingerprint density at radius 3 is 2.43 bits per heavy atom. The van der Waals surface area contributed by atoms with Crippen molar-refractivity contribution in [1.29, 1.82) is 0 Å². The summed E-state index contributed by atoms with van der Waals surface area (Å²) in [5, 5.41) is 12.6. The third-order valence-electron chi connectivity index (χ3n) is 3.00. The summed E-state index contributed by atoms with van der Waals surface area (Å²) in [5.74, 6) is 0. The first-order valence-electron chi connectivity index (χ1n) is 5.70. The predicted octanol–water partition coefficient (Wildman–Crippen LogP) is 0.830. The summed E-state index contributed by atoms with van der Waals surface area (Å²) in [6.07, 6.45) is 4.03. The maximum atomic E-state index is 9.21. The van der Waals surface area contributed by atoms with E-state index in [-0.39, 0.29) is 12.6 Å². The molecule has 0 spiro atoms. The molecule has 1 unspecified atom stereocenters. The van der Waals surface area contributed by atoms with Gasteiger partial charge in [0, 0.05) is 24.7 Å². The van der Waals surface area contributed by atoms with Crippen LogP contribution >= 0.6 is 0 Å². The van der Waals surface area contributed by atoms with Crippen LogP contribution in [0.5, 0.6) is 0 Å². The fraction of sp³-hybridized carbons (Fsp3) is 1.00. The number of hydrogen-bond acceptors (Lipinski definition) is 3. The van der Waals surface area contributed by atoms with E-state index < -0.39 is 0 Å². The van der Waals surface area contributed by atoms with Crippen molar-refractivity contribution in [3.8, 4) is 0 Å². The van der Waals surface area contributed by atoms with Gasteiger partial charge in [-0.3, -0.25) is 0 Å². The van der Waals surface area contributed by atoms with Crippen molar-refractivity contribution >= 4 is 0 Å². The number of likely N-dealkylation sites (N-methyl/N-ethyl adjacent to an activating group) is 1. The van der Waals surface area contributed by atoms with E-state index >= 15 is 0 Å². The van der Waals surface area contributed by atoms with Crippen LogP contribution in [0.3, 0.4) is 0 Å². The highest BCUT2D eigenvalue weighted by molar-refractivity contribution is 4.81. The Morgan fingerprint density at radius 1 is 1.43 bits per heavy atom. The van der Waals surface area contributed by atoms with E-state index in [4.69, 9.17) is 0 Å². The van der Waals surface area contributed by atoms with Gasteiger partial charge in [-0.25, -0.2) is 0 Å². The summed E-state index contributed by atoms with van der Waals surface area (Å²) in [6, 6.07) is 1.43. The molecule has 0 aromatic carbocycles. The van der Waals surface area contributed by atoms with Crippen LogP contribution in [0.1, 0.15) is 33.1 Å². The van der Waals surface area contributed by atoms with E-state index in [1.807, 2.05) is 0 Å². The van der Waals surface area contributed by atoms with Gasteiger partial charge in [0.1, 0.15) is 0 Å². The van der Waals surface area contributed by atoms with Gasteiger partial charge in [-0.15, -0.1) is 0 Å². The van der Waals surface area contributed by atoms with Gasteiger partial charge in [0.15, 0.2) is 0 Å². The van der Waals surface area contributed by atoms with E-state index in [0.717, 1.165) is 12.6 Å². The second-order valence-electron chi connectivity index (χ2n) is 4.73. The first-order chi connectivity index (χ1) is 6.63. The summed E-state index contributed by atoms with van der Waals surface area (Å²) in [5.41, 5.74) is 0. The van der Waals surface area contributed by atoms with Crippen molar-refractivity contribution in [3.05, 3.63) is 0 Å². The molecule has 0 bridgehead atoms. The van der Waals surface area contributed by atoms with Crippen LogP contribution in [0.25, 0.3) is 0 Å². The quantitative estimate of drug-likeness (QED) is 0.666. The second kappa shape index (κ2) is 5.69. The SMILES string of the molecule is CC(C)NC(CO)CN(C)C1CCC1. The lowest BCUT2D eigenvalue weighted by Crippen LogP contribution is -2.49. The van der Waals surface area contributed by atoms with E-state index in [1.165, 1.54) is 19.3 Å². The molecular formula is C11H24N2O. The molecule has 0 aromatic heterocycles. The first-order valence-corrected chi connectivity index (χ1v) is 5.70. The molecular weight excluding hydrogens is 176 g/mol. The first kappa shape index (κ1) is 12.0. The lowest BCUT2D eigenvalue weighted by atomic mass is 9.91. The van der Waals surface area contributed by atoms with Crippen molar-refractivity contribution < 1.29 is 5.11 Å². The summed E-state index contributed by atoms with van der Waals surface area (Å²) in [7, 11) is 2.16. The number of aliphatic hydroxyl groups excluding tert-OH is 1. The fourth-order valence-corrected chi connectivity index (χ4v) is 1.96. The van der Waals surface area contributed by atoms with Crippen molar-refractivity contribution in [2.45, 2.75) is 51.2 Å². The van der Waals surface area contributed by atoms with Gasteiger partial charge in [0.2, 0.25) is 0 Å². The summed E-state index contributed by atoms with van der Waals surface area (Å²) < 4.78 is 0. The van der Waals surface area contributed by atoms with Gasteiger partial charge in [0.25, 0.3) is 0 Å². The standard InChI is InChI=1S/C11H24N2O/c1-9(2)12-10(8-14)7-13(3)11-5-4-6-11/h9-12,14H,4-8H2,1-3H3. The summed E-state index contributed by atoms with van der Waals surface area (Å²) >= 11 is 0. The largest absolute Gasteiger partial charge is 0.395 e. The zero-order chi connectivity index (χ0) is 10.6. The molecule has 84 valence electrons. The normalized spacial score (nSPS) is 20.1. The zero-order valence-corrected chi connectivity index (χ0v) is 9.66. The number of rotatable bonds is 6. The Hall–Kier alpha value is -0.120. The van der Waals surface area contributed by atoms with Crippen LogP contribution in [0, 0.1) is 0 Å².